The first-order valence-electron chi connectivity index (χ1n) is 1.22. The molecule has 0 fully saturated rings. The second kappa shape index (κ2) is 18.6. The van der Waals surface area contributed by atoms with Gasteiger partial charge in [0.05, 0.1) is 0 Å². The summed E-state index contributed by atoms with van der Waals surface area (Å²) in [7, 11) is 1.00. The molecular weight excluding hydrogens is 123 g/mol. The lowest BCUT2D eigenvalue weighted by molar-refractivity contribution is 0.399. The Morgan fingerprint density at radius 2 is 1.33 bits per heavy atom. The van der Waals surface area contributed by atoms with Gasteiger partial charge in [0, 0.05) is 18.2 Å². The second-order valence-electron chi connectivity index (χ2n) is 0.252. The summed E-state index contributed by atoms with van der Waals surface area (Å²) in [6.07, 6.45) is 0. The zero-order valence-corrected chi connectivity index (χ0v) is 4.87. The van der Waals surface area contributed by atoms with Crippen molar-refractivity contribution in [2.45, 2.75) is 0 Å². The third-order valence-corrected chi connectivity index (χ3v) is 0.429. The predicted octanol–water partition coefficient (Wildman–Crippen LogP) is 1.54. The van der Waals surface area contributed by atoms with Crippen LogP contribution >= 0.6 is 23.2 Å². The van der Waals surface area contributed by atoms with Gasteiger partial charge in [0.2, 0.25) is 0 Å². The van der Waals surface area contributed by atoms with Gasteiger partial charge in [-0.3, -0.25) is 0 Å². The average molecular weight is 129 g/mol. The van der Waals surface area contributed by atoms with E-state index < -0.39 is 0 Å². The highest BCUT2D eigenvalue weighted by Crippen LogP contribution is 1.78. The van der Waals surface area contributed by atoms with Crippen LogP contribution in [0, 0.1) is 0 Å². The highest BCUT2D eigenvalue weighted by atomic mass is 35.5. The van der Waals surface area contributed by atoms with Crippen LogP contribution in [0.25, 0.3) is 0 Å². The van der Waals surface area contributed by atoms with Gasteiger partial charge in [-0.25, -0.2) is 0 Å². The third kappa shape index (κ3) is 28.1. The molecule has 0 bridgehead atoms. The molecule has 0 spiro atoms. The van der Waals surface area contributed by atoms with Crippen LogP contribution in [-0.4, -0.2) is 12.2 Å². The number of aliphatic hydroxyl groups excluding tert-OH is 1. The molecule has 0 radical (unpaired) electrons. The summed E-state index contributed by atoms with van der Waals surface area (Å²) in [5, 5.41) is 7.00. The summed E-state index contributed by atoms with van der Waals surface area (Å²) in [6, 6.07) is 0. The summed E-state index contributed by atoms with van der Waals surface area (Å²) < 4.78 is 0. The quantitative estimate of drug-likeness (QED) is 0.525. The first-order valence-corrected chi connectivity index (χ1v) is 2.09. The molecule has 1 N–H and O–H groups in total. The molecule has 0 saturated heterocycles. The maximum Gasteiger partial charge on any atom is 0.0319 e. The van der Waals surface area contributed by atoms with E-state index in [0.29, 0.717) is 0 Å². The van der Waals surface area contributed by atoms with Crippen LogP contribution in [-0.2, 0) is 0 Å². The van der Waals surface area contributed by atoms with Gasteiger partial charge in [-0.1, -0.05) is 23.2 Å². The van der Waals surface area contributed by atoms with Gasteiger partial charge in [0.15, 0.2) is 0 Å². The Labute approximate surface area is 47.2 Å². The number of rotatable bonds is 0. The minimum Gasteiger partial charge on any atom is -0.400 e. The van der Waals surface area contributed by atoms with Gasteiger partial charge in [-0.05, 0) is 0 Å². The van der Waals surface area contributed by atoms with Crippen LogP contribution in [0.4, 0.5) is 0 Å². The highest BCUT2D eigenvalue weighted by Gasteiger charge is 1.40. The van der Waals surface area contributed by atoms with Crippen LogP contribution in [0.3, 0.4) is 0 Å². The Morgan fingerprint density at radius 3 is 1.33 bits per heavy atom. The molecular formula is C3H6Cl2O. The lowest BCUT2D eigenvalue weighted by Crippen LogP contribution is -1.25. The molecule has 0 atom stereocenters. The highest BCUT2D eigenvalue weighted by molar-refractivity contribution is 6.33. The Morgan fingerprint density at radius 1 is 1.17 bits per heavy atom. The van der Waals surface area contributed by atoms with Gasteiger partial charge in [-0.15, -0.1) is 0 Å². The predicted molar refractivity (Wildman–Crippen MR) is 29.0 cm³/mol. The number of halogens is 2. The second-order valence-corrected chi connectivity index (χ2v) is 0.756. The van der Waals surface area contributed by atoms with Crippen molar-refractivity contribution in [2.24, 2.45) is 0 Å². The summed E-state index contributed by atoms with van der Waals surface area (Å²) in [5.74, 6) is 0. The molecule has 0 aliphatic carbocycles. The van der Waals surface area contributed by atoms with Crippen LogP contribution in [0.1, 0.15) is 0 Å². The van der Waals surface area contributed by atoms with Crippen LogP contribution in [0.2, 0.25) is 0 Å². The van der Waals surface area contributed by atoms with E-state index in [0.717, 1.165) is 7.11 Å². The van der Waals surface area contributed by atoms with E-state index in [1.807, 2.05) is 0 Å². The molecule has 38 valence electrons. The van der Waals surface area contributed by atoms with Gasteiger partial charge in [-0.2, -0.15) is 0 Å². The summed E-state index contributed by atoms with van der Waals surface area (Å²) in [4.78, 5) is 0. The lowest BCUT2D eigenvalue weighted by atomic mass is 11.3. The van der Waals surface area contributed by atoms with Crippen molar-refractivity contribution < 1.29 is 5.11 Å². The molecule has 0 aromatic carbocycles. The maximum atomic E-state index is 7.00. The molecule has 0 aliphatic rings. The van der Waals surface area contributed by atoms with Crippen molar-refractivity contribution in [1.29, 1.82) is 0 Å². The molecule has 0 heterocycles. The van der Waals surface area contributed by atoms with Gasteiger partial charge in [0.25, 0.3) is 0 Å². The first kappa shape index (κ1) is 9.56. The Kier molecular flexibility index (Phi) is 29.6. The molecule has 0 unspecified atom stereocenters. The van der Waals surface area contributed by atoms with E-state index in [9.17, 15) is 0 Å². The topological polar surface area (TPSA) is 20.2 Å². The fraction of sp³-hybridized carbons (Fsp3) is 0.333. The summed E-state index contributed by atoms with van der Waals surface area (Å²) in [5.41, 5.74) is 2.48. The summed E-state index contributed by atoms with van der Waals surface area (Å²) in [6.45, 7) is 0. The van der Waals surface area contributed by atoms with Gasteiger partial charge < -0.3 is 5.11 Å². The van der Waals surface area contributed by atoms with Crippen molar-refractivity contribution in [1.82, 2.24) is 0 Å². The SMILES string of the molecule is CO.Cl/C=C/Cl. The number of aliphatic hydroxyl groups is 1. The molecule has 6 heavy (non-hydrogen) atoms. The largest absolute Gasteiger partial charge is 0.400 e. The standard InChI is InChI=1S/C2H2Cl2.CH4O/c3-1-2-4;1-2/h1-2H;2H,1H3/b2-1+;. The van der Waals surface area contributed by atoms with Gasteiger partial charge in [0.1, 0.15) is 0 Å². The van der Waals surface area contributed by atoms with E-state index in [1.165, 1.54) is 11.1 Å². The van der Waals surface area contributed by atoms with E-state index in [4.69, 9.17) is 28.3 Å². The minimum atomic E-state index is 1.00. The monoisotopic (exact) mass is 128 g/mol. The summed E-state index contributed by atoms with van der Waals surface area (Å²) >= 11 is 9.75. The minimum absolute atomic E-state index is 1.00. The molecule has 1 nitrogen and oxygen atoms in total. The van der Waals surface area contributed by atoms with Gasteiger partial charge >= 0.3 is 0 Å². The Bertz CT molecular complexity index is 24.0. The molecule has 0 saturated carbocycles. The van der Waals surface area contributed by atoms with Crippen LogP contribution in [0.5, 0.6) is 0 Å². The van der Waals surface area contributed by atoms with E-state index >= 15 is 0 Å². The normalized spacial score (nSPS) is 7.33. The molecule has 0 aromatic rings. The molecule has 0 aromatic heterocycles. The zero-order chi connectivity index (χ0) is 5.41. The van der Waals surface area contributed by atoms with Crippen molar-refractivity contribution in [3.8, 4) is 0 Å². The van der Waals surface area contributed by atoms with Crippen molar-refractivity contribution in [3.05, 3.63) is 11.1 Å². The molecule has 0 rings (SSSR count). The van der Waals surface area contributed by atoms with E-state index in [1.54, 1.807) is 0 Å². The first-order chi connectivity index (χ1) is 2.91. The maximum absolute atomic E-state index is 7.00. The van der Waals surface area contributed by atoms with Crippen molar-refractivity contribution >= 4 is 23.2 Å². The number of hydrogen-bond donors (Lipinski definition) is 1. The van der Waals surface area contributed by atoms with E-state index in [-0.39, 0.29) is 0 Å². The fourth-order valence-electron chi connectivity index (χ4n) is 0. The average Bonchev–Trinajstić information content (AvgIpc) is 1.72. The molecule has 0 amide bonds. The Hall–Kier alpha value is 0.280. The molecule has 3 heteroatoms. The van der Waals surface area contributed by atoms with Crippen molar-refractivity contribution in [3.63, 3.8) is 0 Å². The fourth-order valence-corrected chi connectivity index (χ4v) is 0. The third-order valence-electron chi connectivity index (χ3n) is 0.0476. The Balaban J connectivity index is 0. The lowest BCUT2D eigenvalue weighted by Gasteiger charge is -1.44. The van der Waals surface area contributed by atoms with Crippen LogP contribution < -0.4 is 0 Å². The van der Waals surface area contributed by atoms with E-state index in [2.05, 4.69) is 0 Å². The number of hydrogen-bond acceptors (Lipinski definition) is 1. The molecule has 0 aliphatic heterocycles. The van der Waals surface area contributed by atoms with Crippen molar-refractivity contribution in [2.75, 3.05) is 7.11 Å². The smallest absolute Gasteiger partial charge is 0.0319 e. The zero-order valence-electron chi connectivity index (χ0n) is 3.36. The van der Waals surface area contributed by atoms with Crippen LogP contribution in [0.15, 0.2) is 11.1 Å².